The summed E-state index contributed by atoms with van der Waals surface area (Å²) in [7, 11) is 0. The van der Waals surface area contributed by atoms with E-state index in [1.165, 1.54) is 11.3 Å². The minimum atomic E-state index is -0.236. The number of anilines is 1. The topological polar surface area (TPSA) is 42.0 Å². The fourth-order valence-corrected chi connectivity index (χ4v) is 3.88. The van der Waals surface area contributed by atoms with Crippen LogP contribution >= 0.6 is 34.5 Å². The molecule has 128 valence electrons. The third-order valence-electron chi connectivity index (χ3n) is 3.91. The second-order valence-electron chi connectivity index (χ2n) is 5.61. The third kappa shape index (κ3) is 3.31. The number of fused-ring (bicyclic) bond motifs is 1. The Morgan fingerprint density at radius 1 is 0.962 bits per heavy atom. The Morgan fingerprint density at radius 2 is 1.73 bits per heavy atom. The highest BCUT2D eigenvalue weighted by Gasteiger charge is 2.15. The number of thiophene rings is 1. The zero-order valence-electron chi connectivity index (χ0n) is 13.4. The number of nitrogens with zero attached hydrogens (tertiary/aromatic N) is 1. The first kappa shape index (κ1) is 17.0. The molecular weight excluding hydrogens is 387 g/mol. The molecule has 3 nitrogen and oxygen atoms in total. The molecule has 0 aliphatic carbocycles. The largest absolute Gasteiger partial charge is 0.321 e. The minimum absolute atomic E-state index is 0.236. The Labute approximate surface area is 164 Å². The van der Waals surface area contributed by atoms with Crippen molar-refractivity contribution in [3.63, 3.8) is 0 Å². The molecule has 4 rings (SSSR count). The van der Waals surface area contributed by atoms with Crippen LogP contribution in [0, 0.1) is 0 Å². The van der Waals surface area contributed by atoms with Crippen molar-refractivity contribution in [1.29, 1.82) is 0 Å². The van der Waals surface area contributed by atoms with E-state index < -0.39 is 0 Å². The number of halogens is 2. The van der Waals surface area contributed by atoms with Gasteiger partial charge in [0.05, 0.1) is 36.7 Å². The Balaban J connectivity index is 1.82. The fourth-order valence-electron chi connectivity index (χ4n) is 2.69. The Kier molecular flexibility index (Phi) is 4.64. The molecule has 2 aromatic carbocycles. The number of nitrogens with one attached hydrogen (secondary N) is 1. The van der Waals surface area contributed by atoms with Gasteiger partial charge in [0.1, 0.15) is 0 Å². The van der Waals surface area contributed by atoms with Crippen LogP contribution in [0.2, 0.25) is 9.36 Å². The highest BCUT2D eigenvalue weighted by atomic mass is 35.5. The number of rotatable bonds is 3. The maximum absolute atomic E-state index is 12.9. The summed E-state index contributed by atoms with van der Waals surface area (Å²) in [6.07, 6.45) is 0. The van der Waals surface area contributed by atoms with Crippen molar-refractivity contribution >= 4 is 57.0 Å². The van der Waals surface area contributed by atoms with Gasteiger partial charge in [0.15, 0.2) is 0 Å². The molecular formula is C20H12Cl2N2OS. The monoisotopic (exact) mass is 398 g/mol. The van der Waals surface area contributed by atoms with E-state index in [0.717, 1.165) is 15.8 Å². The Morgan fingerprint density at radius 3 is 2.50 bits per heavy atom. The Bertz CT molecular complexity index is 1120. The maximum atomic E-state index is 12.9. The molecule has 26 heavy (non-hydrogen) atoms. The maximum Gasteiger partial charge on any atom is 0.256 e. The lowest BCUT2D eigenvalue weighted by molar-refractivity contribution is 0.102. The SMILES string of the molecule is O=C(Nc1ccccc1Cl)c1cc(-c2ccc(Cl)s2)nc2ccccc12. The van der Waals surface area contributed by atoms with Crippen LogP contribution in [0.3, 0.4) is 0 Å². The lowest BCUT2D eigenvalue weighted by Crippen LogP contribution is -2.13. The summed E-state index contributed by atoms with van der Waals surface area (Å²) in [6.45, 7) is 0. The molecule has 0 aliphatic heterocycles. The summed E-state index contributed by atoms with van der Waals surface area (Å²) < 4.78 is 0.678. The minimum Gasteiger partial charge on any atom is -0.321 e. The molecule has 2 aromatic heterocycles. The molecule has 0 saturated heterocycles. The first-order chi connectivity index (χ1) is 12.6. The molecule has 0 fully saturated rings. The van der Waals surface area contributed by atoms with Crippen LogP contribution in [-0.4, -0.2) is 10.9 Å². The number of hydrogen-bond donors (Lipinski definition) is 1. The second-order valence-corrected chi connectivity index (χ2v) is 7.73. The van der Waals surface area contributed by atoms with E-state index in [2.05, 4.69) is 10.3 Å². The fraction of sp³-hybridized carbons (Fsp3) is 0. The van der Waals surface area contributed by atoms with E-state index in [1.54, 1.807) is 18.2 Å². The zero-order chi connectivity index (χ0) is 18.1. The van der Waals surface area contributed by atoms with Crippen LogP contribution < -0.4 is 5.32 Å². The van der Waals surface area contributed by atoms with Crippen LogP contribution in [0.15, 0.2) is 66.7 Å². The molecule has 0 bridgehead atoms. The van der Waals surface area contributed by atoms with E-state index in [9.17, 15) is 4.79 Å². The van der Waals surface area contributed by atoms with Crippen molar-refractivity contribution < 1.29 is 4.79 Å². The molecule has 0 saturated carbocycles. The summed E-state index contributed by atoms with van der Waals surface area (Å²) >= 11 is 13.6. The highest BCUT2D eigenvalue weighted by Crippen LogP contribution is 2.32. The van der Waals surface area contributed by atoms with Crippen LogP contribution in [0.1, 0.15) is 10.4 Å². The number of para-hydroxylation sites is 2. The first-order valence-electron chi connectivity index (χ1n) is 7.83. The van der Waals surface area contributed by atoms with E-state index >= 15 is 0 Å². The molecule has 0 unspecified atom stereocenters. The number of amides is 1. The molecule has 0 radical (unpaired) electrons. The van der Waals surface area contributed by atoms with Gasteiger partial charge in [0.25, 0.3) is 5.91 Å². The molecule has 2 heterocycles. The van der Waals surface area contributed by atoms with Crippen molar-refractivity contribution in [3.8, 4) is 10.6 Å². The van der Waals surface area contributed by atoms with Crippen LogP contribution in [0.25, 0.3) is 21.5 Å². The van der Waals surface area contributed by atoms with Gasteiger partial charge in [-0.25, -0.2) is 4.98 Å². The molecule has 4 aromatic rings. The summed E-state index contributed by atoms with van der Waals surface area (Å²) in [5.41, 5.74) is 2.57. The van der Waals surface area contributed by atoms with Crippen molar-refractivity contribution in [2.45, 2.75) is 0 Å². The van der Waals surface area contributed by atoms with E-state index in [1.807, 2.05) is 48.5 Å². The number of carbonyl (C=O) groups is 1. The predicted molar refractivity (Wildman–Crippen MR) is 109 cm³/mol. The smallest absolute Gasteiger partial charge is 0.256 e. The van der Waals surface area contributed by atoms with Gasteiger partial charge in [-0.3, -0.25) is 4.79 Å². The molecule has 6 heteroatoms. The zero-order valence-corrected chi connectivity index (χ0v) is 15.7. The van der Waals surface area contributed by atoms with E-state index in [4.69, 9.17) is 23.2 Å². The van der Waals surface area contributed by atoms with Crippen LogP contribution in [0.4, 0.5) is 5.69 Å². The average molecular weight is 399 g/mol. The highest BCUT2D eigenvalue weighted by molar-refractivity contribution is 7.19. The van der Waals surface area contributed by atoms with Gasteiger partial charge in [0, 0.05) is 5.39 Å². The van der Waals surface area contributed by atoms with Crippen LogP contribution in [-0.2, 0) is 0 Å². The van der Waals surface area contributed by atoms with Crippen molar-refractivity contribution in [1.82, 2.24) is 4.98 Å². The number of aromatic nitrogens is 1. The molecule has 1 N–H and O–H groups in total. The standard InChI is InChI=1S/C20H12Cl2N2OS/c21-14-6-2-4-8-16(14)24-20(25)13-11-17(18-9-10-19(22)26-18)23-15-7-3-1-5-12(13)15/h1-11H,(H,24,25). The van der Waals surface area contributed by atoms with Gasteiger partial charge < -0.3 is 5.32 Å². The summed E-state index contributed by atoms with van der Waals surface area (Å²) in [6, 6.07) is 20.2. The second kappa shape index (κ2) is 7.08. The molecule has 0 spiro atoms. The van der Waals surface area contributed by atoms with Crippen molar-refractivity contribution in [3.05, 3.63) is 81.7 Å². The quantitative estimate of drug-likeness (QED) is 0.426. The first-order valence-corrected chi connectivity index (χ1v) is 9.40. The third-order valence-corrected chi connectivity index (χ3v) is 5.49. The van der Waals surface area contributed by atoms with Gasteiger partial charge in [-0.1, -0.05) is 53.5 Å². The number of pyridine rings is 1. The molecule has 1 amide bonds. The normalized spacial score (nSPS) is 10.8. The lowest BCUT2D eigenvalue weighted by Gasteiger charge is -2.11. The van der Waals surface area contributed by atoms with Crippen molar-refractivity contribution in [2.24, 2.45) is 0 Å². The summed E-state index contributed by atoms with van der Waals surface area (Å²) in [5.74, 6) is -0.236. The van der Waals surface area contributed by atoms with Crippen molar-refractivity contribution in [2.75, 3.05) is 5.32 Å². The average Bonchev–Trinajstić information content (AvgIpc) is 3.09. The number of benzene rings is 2. The summed E-state index contributed by atoms with van der Waals surface area (Å²) in [5, 5.41) is 4.15. The van der Waals surface area contributed by atoms with Gasteiger partial charge in [-0.2, -0.15) is 0 Å². The van der Waals surface area contributed by atoms with Gasteiger partial charge >= 0.3 is 0 Å². The lowest BCUT2D eigenvalue weighted by atomic mass is 10.1. The van der Waals surface area contributed by atoms with E-state index in [-0.39, 0.29) is 5.91 Å². The molecule has 0 aliphatic rings. The van der Waals surface area contributed by atoms with E-state index in [0.29, 0.717) is 26.3 Å². The number of hydrogen-bond acceptors (Lipinski definition) is 3. The van der Waals surface area contributed by atoms with Crippen LogP contribution in [0.5, 0.6) is 0 Å². The van der Waals surface area contributed by atoms with Gasteiger partial charge in [0.2, 0.25) is 0 Å². The van der Waals surface area contributed by atoms with Gasteiger partial charge in [-0.05, 0) is 36.4 Å². The Hall–Kier alpha value is -2.40. The summed E-state index contributed by atoms with van der Waals surface area (Å²) in [4.78, 5) is 18.5. The molecule has 0 atom stereocenters. The predicted octanol–water partition coefficient (Wildman–Crippen LogP) is 6.52. The number of carbonyl (C=O) groups excluding carboxylic acids is 1. The van der Waals surface area contributed by atoms with Gasteiger partial charge in [-0.15, -0.1) is 11.3 Å².